The Labute approximate surface area is 177 Å². The molecule has 3 amide bonds. The molecule has 5 rings (SSSR count). The number of rotatable bonds is 3. The van der Waals surface area contributed by atoms with Crippen molar-refractivity contribution in [1.29, 1.82) is 0 Å². The molecule has 0 unspecified atom stereocenters. The van der Waals surface area contributed by atoms with Crippen molar-refractivity contribution >= 4 is 39.2 Å². The topological polar surface area (TPSA) is 65.5 Å². The summed E-state index contributed by atoms with van der Waals surface area (Å²) in [6.07, 6.45) is 1.08. The summed E-state index contributed by atoms with van der Waals surface area (Å²) < 4.78 is 14.4. The van der Waals surface area contributed by atoms with E-state index in [1.807, 2.05) is 5.51 Å². The lowest BCUT2D eigenvalue weighted by atomic mass is 9.86. The van der Waals surface area contributed by atoms with Crippen molar-refractivity contribution in [2.24, 2.45) is 0 Å². The summed E-state index contributed by atoms with van der Waals surface area (Å²) in [7, 11) is 0. The number of carbonyl (C=O) groups is 2. The molecule has 3 heterocycles. The van der Waals surface area contributed by atoms with E-state index in [-0.39, 0.29) is 11.9 Å². The van der Waals surface area contributed by atoms with Crippen LogP contribution < -0.4 is 10.2 Å². The zero-order chi connectivity index (χ0) is 20.9. The molecule has 1 N–H and O–H groups in total. The molecule has 2 aromatic carbocycles. The van der Waals surface area contributed by atoms with Crippen LogP contribution in [0.1, 0.15) is 31.4 Å². The van der Waals surface area contributed by atoms with Crippen molar-refractivity contribution in [3.8, 4) is 0 Å². The Balaban J connectivity index is 1.31. The lowest BCUT2D eigenvalue weighted by Gasteiger charge is -2.40. The maximum atomic E-state index is 13.2. The molecule has 1 aromatic heterocycles. The fraction of sp³-hybridized carbons (Fsp3) is 0.318. The lowest BCUT2D eigenvalue weighted by molar-refractivity contribution is -0.124. The molecule has 6 nitrogen and oxygen atoms in total. The Kier molecular flexibility index (Phi) is 4.56. The standard InChI is InChI=1S/C22H21FN4O2S/c1-14(15-2-7-19-18(12-15)24-13-30-19)26-10-8-22(9-11-26)20(28)27(21(29)25-22)17-5-3-16(23)4-6-17/h2-7,12-14H,8-11H2,1H3,(H,25,29)/t14-/m0/s1. The van der Waals surface area contributed by atoms with Crippen LogP contribution in [-0.4, -0.2) is 40.5 Å². The number of hydrogen-bond acceptors (Lipinski definition) is 5. The summed E-state index contributed by atoms with van der Waals surface area (Å²) >= 11 is 1.63. The Bertz CT molecular complexity index is 1120. The number of anilines is 1. The summed E-state index contributed by atoms with van der Waals surface area (Å²) in [5, 5.41) is 2.91. The highest BCUT2D eigenvalue weighted by Gasteiger charge is 2.53. The Morgan fingerprint density at radius 1 is 1.13 bits per heavy atom. The van der Waals surface area contributed by atoms with Crippen LogP contribution in [0.15, 0.2) is 48.0 Å². The van der Waals surface area contributed by atoms with E-state index in [0.29, 0.717) is 31.6 Å². The van der Waals surface area contributed by atoms with Gasteiger partial charge in [0.05, 0.1) is 21.4 Å². The number of carbonyl (C=O) groups excluding carboxylic acids is 2. The quantitative estimate of drug-likeness (QED) is 0.644. The fourth-order valence-electron chi connectivity index (χ4n) is 4.42. The number of aromatic nitrogens is 1. The van der Waals surface area contributed by atoms with Crippen LogP contribution in [0.5, 0.6) is 0 Å². The normalized spacial score (nSPS) is 20.1. The molecule has 1 spiro atoms. The molecule has 1 atom stereocenters. The van der Waals surface area contributed by atoms with E-state index in [0.717, 1.165) is 10.4 Å². The molecular weight excluding hydrogens is 403 g/mol. The maximum absolute atomic E-state index is 13.2. The van der Waals surface area contributed by atoms with Crippen molar-refractivity contribution in [3.05, 3.63) is 59.4 Å². The maximum Gasteiger partial charge on any atom is 0.329 e. The van der Waals surface area contributed by atoms with Crippen LogP contribution in [0.2, 0.25) is 0 Å². The molecule has 2 aliphatic rings. The zero-order valence-corrected chi connectivity index (χ0v) is 17.3. The Morgan fingerprint density at radius 2 is 1.87 bits per heavy atom. The van der Waals surface area contributed by atoms with E-state index in [1.165, 1.54) is 34.5 Å². The predicted octanol–water partition coefficient (Wildman–Crippen LogP) is 4.09. The van der Waals surface area contributed by atoms with Gasteiger partial charge in [-0.05, 0) is 61.7 Å². The number of fused-ring (bicyclic) bond motifs is 1. The van der Waals surface area contributed by atoms with Crippen molar-refractivity contribution in [2.45, 2.75) is 31.3 Å². The molecule has 0 bridgehead atoms. The van der Waals surface area contributed by atoms with Gasteiger partial charge in [0, 0.05) is 19.1 Å². The van der Waals surface area contributed by atoms with Gasteiger partial charge in [-0.1, -0.05) is 6.07 Å². The second kappa shape index (κ2) is 7.14. The molecule has 2 aliphatic heterocycles. The van der Waals surface area contributed by atoms with Gasteiger partial charge in [-0.3, -0.25) is 9.69 Å². The Morgan fingerprint density at radius 3 is 2.60 bits per heavy atom. The first-order valence-electron chi connectivity index (χ1n) is 9.96. The van der Waals surface area contributed by atoms with Crippen LogP contribution in [-0.2, 0) is 4.79 Å². The fourth-order valence-corrected chi connectivity index (χ4v) is 5.08. The smallest absolute Gasteiger partial charge is 0.323 e. The van der Waals surface area contributed by atoms with E-state index >= 15 is 0 Å². The minimum absolute atomic E-state index is 0.189. The van der Waals surface area contributed by atoms with Crippen molar-refractivity contribution < 1.29 is 14.0 Å². The highest BCUT2D eigenvalue weighted by atomic mass is 32.1. The van der Waals surface area contributed by atoms with Gasteiger partial charge in [0.15, 0.2) is 0 Å². The Hall–Kier alpha value is -2.84. The van der Waals surface area contributed by atoms with Gasteiger partial charge in [-0.25, -0.2) is 19.1 Å². The number of nitrogens with zero attached hydrogens (tertiary/aromatic N) is 3. The third-order valence-corrected chi connectivity index (χ3v) is 7.09. The number of nitrogens with one attached hydrogen (secondary N) is 1. The van der Waals surface area contributed by atoms with Gasteiger partial charge in [0.2, 0.25) is 0 Å². The number of urea groups is 1. The van der Waals surface area contributed by atoms with Crippen LogP contribution in [0.3, 0.4) is 0 Å². The number of imide groups is 1. The summed E-state index contributed by atoms with van der Waals surface area (Å²) in [6, 6.07) is 11.5. The molecule has 2 fully saturated rings. The SMILES string of the molecule is C[C@@H](c1ccc2scnc2c1)N1CCC2(CC1)NC(=O)N(c1ccc(F)cc1)C2=O. The molecule has 30 heavy (non-hydrogen) atoms. The molecule has 0 radical (unpaired) electrons. The van der Waals surface area contributed by atoms with Gasteiger partial charge in [0.1, 0.15) is 11.4 Å². The van der Waals surface area contributed by atoms with Crippen LogP contribution in [0.25, 0.3) is 10.2 Å². The van der Waals surface area contributed by atoms with Gasteiger partial charge >= 0.3 is 6.03 Å². The first-order chi connectivity index (χ1) is 14.5. The van der Waals surface area contributed by atoms with Crippen LogP contribution in [0, 0.1) is 5.82 Å². The number of hydrogen-bond donors (Lipinski definition) is 1. The molecule has 154 valence electrons. The van der Waals surface area contributed by atoms with Crippen LogP contribution >= 0.6 is 11.3 Å². The molecular formula is C22H21FN4O2S. The van der Waals surface area contributed by atoms with Gasteiger partial charge in [-0.2, -0.15) is 0 Å². The first-order valence-corrected chi connectivity index (χ1v) is 10.8. The van der Waals surface area contributed by atoms with Gasteiger partial charge < -0.3 is 5.32 Å². The summed E-state index contributed by atoms with van der Waals surface area (Å²) in [4.78, 5) is 33.6. The molecule has 3 aromatic rings. The predicted molar refractivity (Wildman–Crippen MR) is 114 cm³/mol. The number of likely N-dealkylation sites (tertiary alicyclic amines) is 1. The monoisotopic (exact) mass is 424 g/mol. The van der Waals surface area contributed by atoms with Crippen molar-refractivity contribution in [2.75, 3.05) is 18.0 Å². The van der Waals surface area contributed by atoms with E-state index in [1.54, 1.807) is 11.3 Å². The highest BCUT2D eigenvalue weighted by molar-refractivity contribution is 7.16. The third-order valence-electron chi connectivity index (χ3n) is 6.28. The van der Waals surface area contributed by atoms with E-state index in [2.05, 4.69) is 40.3 Å². The molecule has 8 heteroatoms. The van der Waals surface area contributed by atoms with Gasteiger partial charge in [-0.15, -0.1) is 11.3 Å². The summed E-state index contributed by atoms with van der Waals surface area (Å²) in [6.45, 7) is 3.55. The molecule has 2 saturated heterocycles. The highest BCUT2D eigenvalue weighted by Crippen LogP contribution is 2.35. The van der Waals surface area contributed by atoms with Crippen molar-refractivity contribution in [1.82, 2.24) is 15.2 Å². The minimum atomic E-state index is -0.888. The average Bonchev–Trinajstić information content (AvgIpc) is 3.31. The van der Waals surface area contributed by atoms with Crippen molar-refractivity contribution in [3.63, 3.8) is 0 Å². The number of piperidine rings is 1. The lowest BCUT2D eigenvalue weighted by Crippen LogP contribution is -2.55. The third kappa shape index (κ3) is 3.07. The van der Waals surface area contributed by atoms with E-state index in [4.69, 9.17) is 0 Å². The number of halogens is 1. The number of thiazole rings is 1. The number of benzene rings is 2. The summed E-state index contributed by atoms with van der Waals surface area (Å²) in [5.41, 5.74) is 3.55. The van der Waals surface area contributed by atoms with E-state index in [9.17, 15) is 14.0 Å². The zero-order valence-electron chi connectivity index (χ0n) is 16.5. The van der Waals surface area contributed by atoms with E-state index < -0.39 is 17.4 Å². The second-order valence-electron chi connectivity index (χ2n) is 7.92. The largest absolute Gasteiger partial charge is 0.329 e. The molecule has 0 aliphatic carbocycles. The first kappa shape index (κ1) is 19.1. The second-order valence-corrected chi connectivity index (χ2v) is 8.81. The minimum Gasteiger partial charge on any atom is -0.323 e. The summed E-state index contributed by atoms with van der Waals surface area (Å²) in [5.74, 6) is -0.658. The molecule has 0 saturated carbocycles. The van der Waals surface area contributed by atoms with Crippen LogP contribution in [0.4, 0.5) is 14.9 Å². The van der Waals surface area contributed by atoms with Gasteiger partial charge in [0.25, 0.3) is 5.91 Å². The number of amides is 3. The average molecular weight is 425 g/mol.